The van der Waals surface area contributed by atoms with E-state index in [1.807, 2.05) is 42.1 Å². The van der Waals surface area contributed by atoms with E-state index in [0.29, 0.717) is 30.8 Å². The lowest BCUT2D eigenvalue weighted by Gasteiger charge is -2.38. The summed E-state index contributed by atoms with van der Waals surface area (Å²) >= 11 is 3.40. The van der Waals surface area contributed by atoms with Gasteiger partial charge in [-0.3, -0.25) is 9.69 Å². The van der Waals surface area contributed by atoms with E-state index in [2.05, 4.69) is 20.9 Å². The molecule has 1 aliphatic rings. The van der Waals surface area contributed by atoms with Crippen molar-refractivity contribution in [2.75, 3.05) is 18.0 Å². The van der Waals surface area contributed by atoms with Gasteiger partial charge in [-0.05, 0) is 49.2 Å². The van der Waals surface area contributed by atoms with Crippen LogP contribution in [0.15, 0.2) is 53.3 Å². The molecule has 0 aliphatic carbocycles. The average molecular weight is 457 g/mol. The van der Waals surface area contributed by atoms with E-state index in [0.717, 1.165) is 15.4 Å². The second-order valence-corrected chi connectivity index (χ2v) is 8.12. The standard InChI is InChI=1S/C21H21BrN4O3/c1-24-12-9-14-8-10-23-19(18(14)24)26(17-3-2-11-25(13-17)21(28)29)20(27)15-4-6-16(22)7-5-15/h4-10,12,17H,2-3,11,13H2,1H3,(H,28,29)/t17-/m1/s1. The maximum Gasteiger partial charge on any atom is 0.407 e. The number of hydrogen-bond donors (Lipinski definition) is 1. The lowest BCUT2D eigenvalue weighted by atomic mass is 10.0. The number of benzene rings is 1. The Bertz CT molecular complexity index is 1060. The van der Waals surface area contributed by atoms with Gasteiger partial charge in [0.05, 0.1) is 11.6 Å². The number of halogens is 1. The smallest absolute Gasteiger partial charge is 0.407 e. The van der Waals surface area contributed by atoms with Gasteiger partial charge in [-0.25, -0.2) is 9.78 Å². The Hall–Kier alpha value is -2.87. The largest absolute Gasteiger partial charge is 0.465 e. The van der Waals surface area contributed by atoms with Crippen LogP contribution in [0.5, 0.6) is 0 Å². The molecule has 1 aliphatic heterocycles. The molecule has 2 amide bonds. The minimum atomic E-state index is -0.962. The van der Waals surface area contributed by atoms with E-state index in [-0.39, 0.29) is 18.5 Å². The van der Waals surface area contributed by atoms with Gasteiger partial charge < -0.3 is 14.6 Å². The first kappa shape index (κ1) is 19.4. The number of fused-ring (bicyclic) bond motifs is 1. The quantitative estimate of drug-likeness (QED) is 0.642. The molecule has 1 saturated heterocycles. The second-order valence-electron chi connectivity index (χ2n) is 7.21. The van der Waals surface area contributed by atoms with Gasteiger partial charge in [0.2, 0.25) is 0 Å². The minimum Gasteiger partial charge on any atom is -0.465 e. The lowest BCUT2D eigenvalue weighted by Crippen LogP contribution is -2.52. The fourth-order valence-corrected chi connectivity index (χ4v) is 4.17. The number of carboxylic acid groups (broad SMARTS) is 1. The molecular formula is C21H21BrN4O3. The molecule has 150 valence electrons. The van der Waals surface area contributed by atoms with Crippen LogP contribution < -0.4 is 4.90 Å². The van der Waals surface area contributed by atoms with Crippen LogP contribution >= 0.6 is 15.9 Å². The maximum atomic E-state index is 13.6. The molecule has 3 aromatic rings. The molecule has 4 rings (SSSR count). The molecule has 0 spiro atoms. The number of hydrogen-bond acceptors (Lipinski definition) is 3. The van der Waals surface area contributed by atoms with Gasteiger partial charge in [-0.15, -0.1) is 0 Å². The number of rotatable bonds is 3. The molecule has 0 unspecified atom stereocenters. The van der Waals surface area contributed by atoms with Crippen molar-refractivity contribution in [2.24, 2.45) is 7.05 Å². The molecule has 1 atom stereocenters. The van der Waals surface area contributed by atoms with Crippen molar-refractivity contribution >= 4 is 44.7 Å². The molecule has 0 radical (unpaired) electrons. The number of nitrogens with zero attached hydrogens (tertiary/aromatic N) is 4. The summed E-state index contributed by atoms with van der Waals surface area (Å²) in [6.07, 6.45) is 4.08. The van der Waals surface area contributed by atoms with Gasteiger partial charge in [-0.2, -0.15) is 0 Å². The van der Waals surface area contributed by atoms with Crippen LogP contribution in [0, 0.1) is 0 Å². The van der Waals surface area contributed by atoms with Crippen molar-refractivity contribution in [1.82, 2.24) is 14.5 Å². The fraction of sp³-hybridized carbons (Fsp3) is 0.286. The molecule has 0 bridgehead atoms. The van der Waals surface area contributed by atoms with Crippen molar-refractivity contribution in [1.29, 1.82) is 0 Å². The van der Waals surface area contributed by atoms with Crippen LogP contribution in [0.2, 0.25) is 0 Å². The van der Waals surface area contributed by atoms with Crippen molar-refractivity contribution < 1.29 is 14.7 Å². The summed E-state index contributed by atoms with van der Waals surface area (Å²) in [6, 6.07) is 10.8. The monoisotopic (exact) mass is 456 g/mol. The van der Waals surface area contributed by atoms with Crippen LogP contribution in [0.3, 0.4) is 0 Å². The molecule has 3 heterocycles. The fourth-order valence-electron chi connectivity index (χ4n) is 3.90. The highest BCUT2D eigenvalue weighted by molar-refractivity contribution is 9.10. The van der Waals surface area contributed by atoms with Crippen LogP contribution in [0.25, 0.3) is 10.9 Å². The summed E-state index contributed by atoms with van der Waals surface area (Å²) < 4.78 is 2.83. The number of anilines is 1. The van der Waals surface area contributed by atoms with E-state index in [4.69, 9.17) is 0 Å². The molecule has 0 saturated carbocycles. The summed E-state index contributed by atoms with van der Waals surface area (Å²) in [7, 11) is 1.92. The van der Waals surface area contributed by atoms with Gasteiger partial charge in [0.25, 0.3) is 5.91 Å². The Labute approximate surface area is 176 Å². The molecule has 1 fully saturated rings. The summed E-state index contributed by atoms with van der Waals surface area (Å²) in [5.41, 5.74) is 1.39. The number of pyridine rings is 1. The zero-order valence-electron chi connectivity index (χ0n) is 16.0. The van der Waals surface area contributed by atoms with Crippen LogP contribution in [0.4, 0.5) is 10.6 Å². The summed E-state index contributed by atoms with van der Waals surface area (Å²) in [5, 5.41) is 10.5. The molecule has 2 aromatic heterocycles. The molecule has 1 N–H and O–H groups in total. The van der Waals surface area contributed by atoms with Gasteiger partial charge in [0.15, 0.2) is 5.82 Å². The normalized spacial score (nSPS) is 16.8. The van der Waals surface area contributed by atoms with Crippen molar-refractivity contribution in [3.05, 3.63) is 58.8 Å². The van der Waals surface area contributed by atoms with E-state index in [1.54, 1.807) is 23.2 Å². The van der Waals surface area contributed by atoms with E-state index in [1.165, 1.54) is 4.90 Å². The van der Waals surface area contributed by atoms with E-state index in [9.17, 15) is 14.7 Å². The zero-order chi connectivity index (χ0) is 20.5. The first-order valence-corrected chi connectivity index (χ1v) is 10.2. The third-order valence-corrected chi connectivity index (χ3v) is 5.87. The number of likely N-dealkylation sites (tertiary alicyclic amines) is 1. The highest BCUT2D eigenvalue weighted by atomic mass is 79.9. The summed E-state index contributed by atoms with van der Waals surface area (Å²) in [4.78, 5) is 32.8. The number of carbonyl (C=O) groups excluding carboxylic acids is 1. The third kappa shape index (κ3) is 3.72. The van der Waals surface area contributed by atoms with Crippen LogP contribution in [-0.4, -0.2) is 50.7 Å². The SMILES string of the molecule is Cn1ccc2ccnc(N(C(=O)c3ccc(Br)cc3)[C@@H]3CCCN(C(=O)O)C3)c21. The lowest BCUT2D eigenvalue weighted by molar-refractivity contribution is 0.0942. The highest BCUT2D eigenvalue weighted by Gasteiger charge is 2.34. The van der Waals surface area contributed by atoms with Crippen LogP contribution in [-0.2, 0) is 7.05 Å². The van der Waals surface area contributed by atoms with Gasteiger partial charge >= 0.3 is 6.09 Å². The predicted molar refractivity (Wildman–Crippen MR) is 114 cm³/mol. The first-order valence-electron chi connectivity index (χ1n) is 9.43. The summed E-state index contributed by atoms with van der Waals surface area (Å²) in [5.74, 6) is 0.371. The number of piperidine rings is 1. The predicted octanol–water partition coefficient (Wildman–Crippen LogP) is 4.13. The highest BCUT2D eigenvalue weighted by Crippen LogP contribution is 2.30. The Morgan fingerprint density at radius 2 is 1.97 bits per heavy atom. The second kappa shape index (κ2) is 7.87. The number of aromatic nitrogens is 2. The molecular weight excluding hydrogens is 436 g/mol. The average Bonchev–Trinajstić information content (AvgIpc) is 3.11. The van der Waals surface area contributed by atoms with E-state index >= 15 is 0 Å². The molecule has 8 heteroatoms. The zero-order valence-corrected chi connectivity index (χ0v) is 17.5. The Morgan fingerprint density at radius 3 is 2.69 bits per heavy atom. The number of amides is 2. The Morgan fingerprint density at radius 1 is 1.21 bits per heavy atom. The Balaban J connectivity index is 1.82. The molecule has 7 nitrogen and oxygen atoms in total. The Kier molecular flexibility index (Phi) is 5.27. The molecule has 29 heavy (non-hydrogen) atoms. The number of carbonyl (C=O) groups is 2. The summed E-state index contributed by atoms with van der Waals surface area (Å²) in [6.45, 7) is 0.744. The van der Waals surface area contributed by atoms with E-state index < -0.39 is 6.09 Å². The topological polar surface area (TPSA) is 78.7 Å². The van der Waals surface area contributed by atoms with Crippen LogP contribution in [0.1, 0.15) is 23.2 Å². The van der Waals surface area contributed by atoms with Crippen molar-refractivity contribution in [3.8, 4) is 0 Å². The van der Waals surface area contributed by atoms with Crippen molar-refractivity contribution in [3.63, 3.8) is 0 Å². The van der Waals surface area contributed by atoms with Crippen molar-refractivity contribution in [2.45, 2.75) is 18.9 Å². The van der Waals surface area contributed by atoms with Gasteiger partial charge in [-0.1, -0.05) is 15.9 Å². The van der Waals surface area contributed by atoms with Gasteiger partial charge in [0, 0.05) is 48.0 Å². The number of aryl methyl sites for hydroxylation is 1. The van der Waals surface area contributed by atoms with Gasteiger partial charge in [0.1, 0.15) is 0 Å². The minimum absolute atomic E-state index is 0.184. The maximum absolute atomic E-state index is 13.6. The first-order chi connectivity index (χ1) is 14.0. The molecule has 1 aromatic carbocycles. The third-order valence-electron chi connectivity index (χ3n) is 5.34.